The lowest BCUT2D eigenvalue weighted by molar-refractivity contribution is 0.102. The zero-order chi connectivity index (χ0) is 18.1. The average molecular weight is 348 g/mol. The van der Waals surface area contributed by atoms with E-state index >= 15 is 0 Å². The van der Waals surface area contributed by atoms with E-state index in [-0.39, 0.29) is 5.91 Å². The van der Waals surface area contributed by atoms with E-state index in [0.29, 0.717) is 34.2 Å². The van der Waals surface area contributed by atoms with Crippen molar-refractivity contribution in [1.82, 2.24) is 19.5 Å². The number of nitrogens with zero attached hydrogens (tertiary/aromatic N) is 5. The highest BCUT2D eigenvalue weighted by Crippen LogP contribution is 2.24. The third-order valence-electron chi connectivity index (χ3n) is 3.79. The van der Waals surface area contributed by atoms with Crippen molar-refractivity contribution in [3.05, 3.63) is 60.8 Å². The number of imidazole rings is 1. The number of aromatic nitrogens is 4. The number of hydrogen-bond donors (Lipinski definition) is 1. The van der Waals surface area contributed by atoms with Crippen LogP contribution in [-0.2, 0) is 0 Å². The molecule has 26 heavy (non-hydrogen) atoms. The lowest BCUT2D eigenvalue weighted by Crippen LogP contribution is -2.12. The summed E-state index contributed by atoms with van der Waals surface area (Å²) < 4.78 is 7.35. The van der Waals surface area contributed by atoms with Crippen LogP contribution in [0.4, 0.5) is 11.7 Å². The molecule has 0 unspecified atom stereocenters. The first kappa shape index (κ1) is 15.8. The standard InChI is InChI=1S/C18H16N6O2/c1-23(2)18-22-14-10-13(3-4-15(14)26-18)21-17(25)12-5-6-20-16(9-12)24-8-7-19-11-24/h3-11H,1-2H3,(H,21,25). The van der Waals surface area contributed by atoms with Crippen LogP contribution >= 0.6 is 0 Å². The number of rotatable bonds is 4. The van der Waals surface area contributed by atoms with E-state index in [9.17, 15) is 4.79 Å². The number of hydrogen-bond acceptors (Lipinski definition) is 6. The summed E-state index contributed by atoms with van der Waals surface area (Å²) in [4.78, 5) is 27.0. The minimum absolute atomic E-state index is 0.232. The molecule has 8 heteroatoms. The zero-order valence-electron chi connectivity index (χ0n) is 14.2. The predicted octanol–water partition coefficient (Wildman–Crippen LogP) is 2.73. The minimum Gasteiger partial charge on any atom is -0.423 e. The molecule has 8 nitrogen and oxygen atoms in total. The number of carbonyl (C=O) groups is 1. The van der Waals surface area contributed by atoms with E-state index in [1.807, 2.05) is 14.1 Å². The van der Waals surface area contributed by atoms with E-state index in [0.717, 1.165) is 0 Å². The Hall–Kier alpha value is -3.68. The van der Waals surface area contributed by atoms with Gasteiger partial charge in [-0.15, -0.1) is 0 Å². The third kappa shape index (κ3) is 3.00. The van der Waals surface area contributed by atoms with Gasteiger partial charge in [0, 0.05) is 43.9 Å². The topological polar surface area (TPSA) is 89.1 Å². The maximum Gasteiger partial charge on any atom is 0.297 e. The van der Waals surface area contributed by atoms with Gasteiger partial charge in [-0.3, -0.25) is 9.36 Å². The molecule has 1 aromatic carbocycles. The second kappa shape index (κ2) is 6.32. The molecular formula is C18H16N6O2. The Morgan fingerprint density at radius 3 is 2.85 bits per heavy atom. The third-order valence-corrected chi connectivity index (χ3v) is 3.79. The summed E-state index contributed by atoms with van der Waals surface area (Å²) in [6, 6.07) is 9.23. The van der Waals surface area contributed by atoms with Crippen LogP contribution < -0.4 is 10.2 Å². The molecule has 3 heterocycles. The normalized spacial score (nSPS) is 10.8. The largest absolute Gasteiger partial charge is 0.423 e. The first-order valence-electron chi connectivity index (χ1n) is 7.94. The van der Waals surface area contributed by atoms with Crippen molar-refractivity contribution in [1.29, 1.82) is 0 Å². The number of nitrogens with one attached hydrogen (secondary N) is 1. The molecule has 0 aliphatic carbocycles. The van der Waals surface area contributed by atoms with Crippen molar-refractivity contribution in [3.63, 3.8) is 0 Å². The number of carbonyl (C=O) groups excluding carboxylic acids is 1. The molecule has 1 N–H and O–H groups in total. The monoisotopic (exact) mass is 348 g/mol. The highest BCUT2D eigenvalue weighted by molar-refractivity contribution is 6.05. The summed E-state index contributed by atoms with van der Waals surface area (Å²) in [6.07, 6.45) is 6.65. The fourth-order valence-electron chi connectivity index (χ4n) is 2.48. The molecule has 3 aromatic heterocycles. The Bertz CT molecular complexity index is 1070. The van der Waals surface area contributed by atoms with Gasteiger partial charge in [-0.25, -0.2) is 9.97 Å². The van der Waals surface area contributed by atoms with Crippen LogP contribution in [0.5, 0.6) is 0 Å². The van der Waals surface area contributed by atoms with Gasteiger partial charge in [0.2, 0.25) is 0 Å². The molecule has 0 aliphatic heterocycles. The zero-order valence-corrected chi connectivity index (χ0v) is 14.2. The van der Waals surface area contributed by atoms with E-state index in [4.69, 9.17) is 4.42 Å². The Balaban J connectivity index is 1.58. The molecule has 130 valence electrons. The Morgan fingerprint density at radius 1 is 1.19 bits per heavy atom. The van der Waals surface area contributed by atoms with E-state index < -0.39 is 0 Å². The SMILES string of the molecule is CN(C)c1nc2cc(NC(=O)c3ccnc(-n4ccnc4)c3)ccc2o1. The van der Waals surface area contributed by atoms with Crippen molar-refractivity contribution < 1.29 is 9.21 Å². The molecule has 0 bridgehead atoms. The number of pyridine rings is 1. The molecule has 0 saturated carbocycles. The lowest BCUT2D eigenvalue weighted by atomic mass is 10.2. The molecule has 4 aromatic rings. The predicted molar refractivity (Wildman–Crippen MR) is 97.6 cm³/mol. The summed E-state index contributed by atoms with van der Waals surface area (Å²) in [5.41, 5.74) is 2.48. The van der Waals surface area contributed by atoms with Crippen molar-refractivity contribution in [3.8, 4) is 5.82 Å². The second-order valence-electron chi connectivity index (χ2n) is 5.90. The minimum atomic E-state index is -0.232. The summed E-state index contributed by atoms with van der Waals surface area (Å²) >= 11 is 0. The molecule has 0 spiro atoms. The molecule has 0 radical (unpaired) electrons. The van der Waals surface area contributed by atoms with E-state index in [2.05, 4.69) is 20.3 Å². The molecule has 0 fully saturated rings. The van der Waals surface area contributed by atoms with Crippen molar-refractivity contribution in [2.45, 2.75) is 0 Å². The Kier molecular flexibility index (Phi) is 3.85. The maximum absolute atomic E-state index is 12.6. The highest BCUT2D eigenvalue weighted by atomic mass is 16.4. The maximum atomic E-state index is 12.6. The van der Waals surface area contributed by atoms with Gasteiger partial charge in [0.1, 0.15) is 17.7 Å². The first-order valence-corrected chi connectivity index (χ1v) is 7.94. The summed E-state index contributed by atoms with van der Waals surface area (Å²) in [7, 11) is 3.71. The van der Waals surface area contributed by atoms with Crippen LogP contribution in [0, 0.1) is 0 Å². The van der Waals surface area contributed by atoms with Gasteiger partial charge >= 0.3 is 0 Å². The van der Waals surface area contributed by atoms with E-state index in [1.54, 1.807) is 64.7 Å². The Morgan fingerprint density at radius 2 is 2.08 bits per heavy atom. The van der Waals surface area contributed by atoms with Gasteiger partial charge in [0.25, 0.3) is 11.9 Å². The van der Waals surface area contributed by atoms with Gasteiger partial charge in [0.15, 0.2) is 5.58 Å². The summed E-state index contributed by atoms with van der Waals surface area (Å²) in [5.74, 6) is 0.391. The smallest absolute Gasteiger partial charge is 0.297 e. The molecule has 0 saturated heterocycles. The number of benzene rings is 1. The van der Waals surface area contributed by atoms with Crippen molar-refractivity contribution >= 4 is 28.7 Å². The van der Waals surface area contributed by atoms with Gasteiger partial charge in [0.05, 0.1) is 0 Å². The average Bonchev–Trinajstić information content (AvgIpc) is 3.31. The molecule has 1 amide bonds. The first-order chi connectivity index (χ1) is 12.6. The molecule has 0 atom stereocenters. The summed E-state index contributed by atoms with van der Waals surface area (Å²) in [5, 5.41) is 2.87. The number of amides is 1. The highest BCUT2D eigenvalue weighted by Gasteiger charge is 2.11. The van der Waals surface area contributed by atoms with Crippen LogP contribution in [0.25, 0.3) is 16.9 Å². The number of anilines is 2. The molecule has 0 aliphatic rings. The summed E-state index contributed by atoms with van der Waals surface area (Å²) in [6.45, 7) is 0. The fourth-order valence-corrected chi connectivity index (χ4v) is 2.48. The van der Waals surface area contributed by atoms with Crippen LogP contribution in [0.1, 0.15) is 10.4 Å². The van der Waals surface area contributed by atoms with Crippen LogP contribution in [0.15, 0.2) is 59.7 Å². The van der Waals surface area contributed by atoms with Gasteiger partial charge < -0.3 is 14.6 Å². The molecular weight excluding hydrogens is 332 g/mol. The van der Waals surface area contributed by atoms with Gasteiger partial charge in [-0.2, -0.15) is 4.98 Å². The second-order valence-corrected chi connectivity index (χ2v) is 5.90. The lowest BCUT2D eigenvalue weighted by Gasteiger charge is -2.07. The van der Waals surface area contributed by atoms with Crippen molar-refractivity contribution in [2.24, 2.45) is 0 Å². The fraction of sp³-hybridized carbons (Fsp3) is 0.111. The number of fused-ring (bicyclic) bond motifs is 1. The van der Waals surface area contributed by atoms with Crippen LogP contribution in [0.2, 0.25) is 0 Å². The van der Waals surface area contributed by atoms with E-state index in [1.165, 1.54) is 0 Å². The molecule has 4 rings (SSSR count). The van der Waals surface area contributed by atoms with Gasteiger partial charge in [-0.05, 0) is 30.3 Å². The quantitative estimate of drug-likeness (QED) is 0.610. The van der Waals surface area contributed by atoms with Crippen LogP contribution in [0.3, 0.4) is 0 Å². The Labute approximate surface area is 149 Å². The van der Waals surface area contributed by atoms with Crippen molar-refractivity contribution in [2.75, 3.05) is 24.3 Å². The number of oxazole rings is 1. The van der Waals surface area contributed by atoms with Crippen LogP contribution in [-0.4, -0.2) is 39.5 Å². The van der Waals surface area contributed by atoms with Gasteiger partial charge in [-0.1, -0.05) is 0 Å².